The third kappa shape index (κ3) is 6.65. The first-order valence-corrected chi connectivity index (χ1v) is 15.5. The number of fused-ring (bicyclic) bond motifs is 1. The molecule has 44 heavy (non-hydrogen) atoms. The third-order valence-corrected chi connectivity index (χ3v) is 9.31. The number of imidazole rings is 1. The molecule has 3 aromatic rings. The number of nitrogens with zero attached hydrogens (tertiary/aromatic N) is 5. The van der Waals surface area contributed by atoms with Crippen molar-refractivity contribution >= 4 is 38.6 Å². The van der Waals surface area contributed by atoms with Gasteiger partial charge >= 0.3 is 21.6 Å². The van der Waals surface area contributed by atoms with Crippen molar-refractivity contribution in [2.24, 2.45) is 0 Å². The van der Waals surface area contributed by atoms with E-state index in [0.29, 0.717) is 0 Å². The molecule has 0 radical (unpaired) electrons. The van der Waals surface area contributed by atoms with E-state index in [1.807, 2.05) is 0 Å². The van der Waals surface area contributed by atoms with E-state index >= 15 is 0 Å². The van der Waals surface area contributed by atoms with E-state index < -0.39 is 83.9 Å². The molecule has 10 atom stereocenters. The summed E-state index contributed by atoms with van der Waals surface area (Å²) in [5.41, 5.74) is 5.94. The van der Waals surface area contributed by atoms with Crippen molar-refractivity contribution in [2.75, 3.05) is 18.9 Å². The van der Waals surface area contributed by atoms with Gasteiger partial charge in [0.15, 0.2) is 36.2 Å². The summed E-state index contributed by atoms with van der Waals surface area (Å²) in [5.74, 6) is -1.22. The molecule has 0 spiro atoms. The number of phosphoric ester groups is 2. The van der Waals surface area contributed by atoms with Crippen molar-refractivity contribution in [3.05, 3.63) is 42.7 Å². The number of nitrogens with two attached hydrogens (primary N) is 1. The molecule has 5 heterocycles. The highest BCUT2D eigenvalue weighted by molar-refractivity contribution is 7.61. The Hall–Kier alpha value is -3.01. The normalized spacial score (nSPS) is 31.6. The molecule has 3 unspecified atom stereocenters. The fourth-order valence-corrected chi connectivity index (χ4v) is 6.65. The van der Waals surface area contributed by atoms with Gasteiger partial charge in [0.1, 0.15) is 47.9 Å². The van der Waals surface area contributed by atoms with Crippen molar-refractivity contribution in [3.8, 4) is 0 Å². The maximum Gasteiger partial charge on any atom is 0.481 e. The Morgan fingerprint density at radius 2 is 1.61 bits per heavy atom. The van der Waals surface area contributed by atoms with Gasteiger partial charge in [-0.2, -0.15) is 8.88 Å². The summed E-state index contributed by atoms with van der Waals surface area (Å²) in [7, 11) is -10.8. The maximum atomic E-state index is 12.4. The molecule has 240 valence electrons. The molecule has 3 aromatic heterocycles. The van der Waals surface area contributed by atoms with Gasteiger partial charge in [0.05, 0.1) is 19.5 Å². The second-order valence-corrected chi connectivity index (χ2v) is 12.7. The molecule has 9 N–H and O–H groups in total. The lowest BCUT2D eigenvalue weighted by atomic mass is 10.1. The van der Waals surface area contributed by atoms with Gasteiger partial charge < -0.3 is 50.5 Å². The lowest BCUT2D eigenvalue weighted by molar-refractivity contribution is -0.765. The number of hydrogen-bond acceptors (Lipinski definition) is 16. The number of carboxylic acid groups (broad SMARTS) is 1. The molecule has 23 heteroatoms. The lowest BCUT2D eigenvalue weighted by Gasteiger charge is -2.20. The smallest absolute Gasteiger partial charge is 0.477 e. The zero-order valence-corrected chi connectivity index (χ0v) is 23.9. The number of carboxylic acids is 1. The summed E-state index contributed by atoms with van der Waals surface area (Å²) in [4.78, 5) is 43.1. The van der Waals surface area contributed by atoms with Crippen molar-refractivity contribution in [1.29, 1.82) is 0 Å². The molecule has 0 amide bonds. The number of phosphoric acid groups is 2. The molecule has 0 bridgehead atoms. The topological polar surface area (TPSA) is 312 Å². The predicted octanol–water partition coefficient (Wildman–Crippen LogP) is -2.42. The van der Waals surface area contributed by atoms with Crippen LogP contribution in [0.25, 0.3) is 11.2 Å². The third-order valence-electron chi connectivity index (χ3n) is 6.71. The van der Waals surface area contributed by atoms with Crippen molar-refractivity contribution in [3.63, 3.8) is 0 Å². The summed E-state index contributed by atoms with van der Waals surface area (Å²) in [6.45, 7) is -1.83. The number of anilines is 1. The molecule has 2 aliphatic heterocycles. The average molecular weight is 665 g/mol. The van der Waals surface area contributed by atoms with Gasteiger partial charge in [-0.05, 0) is 6.07 Å². The molecule has 5 rings (SSSR count). The SMILES string of the molecule is Nc1ncnc2c1ncn2C1O[C@H](COP(=O)(O)OP(=O)(O)OC[C@H]2O[C@@H]([n+]3cccc(C(=O)O)c3)[C@H](O)[C@@H]2O)[C@@H](O)[C@H]1O. The van der Waals surface area contributed by atoms with E-state index in [9.17, 15) is 44.1 Å². The summed E-state index contributed by atoms with van der Waals surface area (Å²) in [6.07, 6.45) is -7.22. The van der Waals surface area contributed by atoms with E-state index in [4.69, 9.17) is 24.8 Å². The van der Waals surface area contributed by atoms with E-state index in [2.05, 4.69) is 23.8 Å². The van der Waals surface area contributed by atoms with Gasteiger partial charge in [-0.1, -0.05) is 0 Å². The van der Waals surface area contributed by atoms with Crippen LogP contribution in [-0.4, -0.2) is 111 Å². The van der Waals surface area contributed by atoms with Crippen LogP contribution in [0.15, 0.2) is 37.2 Å². The summed E-state index contributed by atoms with van der Waals surface area (Å²) in [5, 5.41) is 50.7. The van der Waals surface area contributed by atoms with Gasteiger partial charge in [0.2, 0.25) is 0 Å². The van der Waals surface area contributed by atoms with Crippen LogP contribution in [0.1, 0.15) is 22.8 Å². The van der Waals surface area contributed by atoms with Crippen LogP contribution >= 0.6 is 15.6 Å². The number of pyridine rings is 1. The number of hydrogen-bond donors (Lipinski definition) is 8. The highest BCUT2D eigenvalue weighted by Gasteiger charge is 2.50. The second-order valence-electron chi connectivity index (χ2n) is 9.63. The first kappa shape index (κ1) is 32.4. The zero-order chi connectivity index (χ0) is 32.0. The standard InChI is InChI=1S/C21H26N6O15P2/c22-17-12-18(24-7-23-17)27(8-25-12)20-16(31)14(29)11(41-20)6-39-44(36,37)42-43(34,35)38-5-10-13(28)15(30)19(40-10)26-3-1-2-9(4-26)21(32)33/h1-4,7-8,10-11,13-16,19-20,28-31H,5-6H2,(H4-,22,23,24,32,33,34,35,36,37)/p+1/t10-,11-,13-,14-,15-,16-,19-,20?/m1/s1. The summed E-state index contributed by atoms with van der Waals surface area (Å²) >= 11 is 0. The van der Waals surface area contributed by atoms with Crippen LogP contribution in [0.3, 0.4) is 0 Å². The minimum absolute atomic E-state index is 0.0464. The Kier molecular flexibility index (Phi) is 9.13. The van der Waals surface area contributed by atoms with Crippen LogP contribution in [0, 0.1) is 0 Å². The Bertz CT molecular complexity index is 1630. The minimum Gasteiger partial charge on any atom is -0.477 e. The van der Waals surface area contributed by atoms with Crippen molar-refractivity contribution < 1.29 is 76.6 Å². The van der Waals surface area contributed by atoms with Gasteiger partial charge in [-0.15, -0.1) is 0 Å². The Balaban J connectivity index is 1.16. The van der Waals surface area contributed by atoms with E-state index in [1.165, 1.54) is 29.2 Å². The first-order chi connectivity index (χ1) is 20.7. The van der Waals surface area contributed by atoms with Crippen molar-refractivity contribution in [1.82, 2.24) is 19.5 Å². The fourth-order valence-electron chi connectivity index (χ4n) is 4.56. The molecule has 2 saturated heterocycles. The number of ether oxygens (including phenoxy) is 2. The number of nitrogen functional groups attached to an aromatic ring is 1. The quantitative estimate of drug-likeness (QED) is 0.0780. The molecule has 0 aliphatic carbocycles. The first-order valence-electron chi connectivity index (χ1n) is 12.5. The van der Waals surface area contributed by atoms with Crippen LogP contribution < -0.4 is 10.3 Å². The number of aliphatic hydroxyl groups is 4. The second kappa shape index (κ2) is 12.4. The molecular weight excluding hydrogens is 638 g/mol. The number of carbonyl (C=O) groups is 1. The minimum atomic E-state index is -5.38. The van der Waals surface area contributed by atoms with Gasteiger partial charge in [0, 0.05) is 6.07 Å². The molecule has 21 nitrogen and oxygen atoms in total. The Morgan fingerprint density at radius 1 is 0.977 bits per heavy atom. The largest absolute Gasteiger partial charge is 0.481 e. The summed E-state index contributed by atoms with van der Waals surface area (Å²) < 4.78 is 51.8. The van der Waals surface area contributed by atoms with Crippen LogP contribution in [0.2, 0.25) is 0 Å². The van der Waals surface area contributed by atoms with E-state index in [0.717, 1.165) is 17.1 Å². The highest BCUT2D eigenvalue weighted by atomic mass is 31.3. The molecule has 0 aromatic carbocycles. The number of rotatable bonds is 11. The van der Waals surface area contributed by atoms with Crippen LogP contribution in [0.4, 0.5) is 5.82 Å². The number of aliphatic hydroxyl groups excluding tert-OH is 4. The predicted molar refractivity (Wildman–Crippen MR) is 138 cm³/mol. The monoisotopic (exact) mass is 665 g/mol. The highest BCUT2D eigenvalue weighted by Crippen LogP contribution is 2.60. The average Bonchev–Trinajstić information content (AvgIpc) is 3.61. The number of aromatic nitrogens is 5. The molecule has 2 aliphatic rings. The molecule has 2 fully saturated rings. The van der Waals surface area contributed by atoms with E-state index in [1.54, 1.807) is 0 Å². The van der Waals surface area contributed by atoms with Crippen LogP contribution in [0.5, 0.6) is 0 Å². The van der Waals surface area contributed by atoms with Gasteiger partial charge in [-0.25, -0.2) is 28.9 Å². The molecule has 0 saturated carbocycles. The van der Waals surface area contributed by atoms with Crippen molar-refractivity contribution in [2.45, 2.75) is 49.1 Å². The Morgan fingerprint density at radius 3 is 2.27 bits per heavy atom. The summed E-state index contributed by atoms with van der Waals surface area (Å²) in [6, 6.07) is 2.63. The van der Waals surface area contributed by atoms with E-state index in [-0.39, 0.29) is 22.5 Å². The Labute approximate surface area is 245 Å². The van der Waals surface area contributed by atoms with Crippen LogP contribution in [-0.2, 0) is 32.0 Å². The zero-order valence-electron chi connectivity index (χ0n) is 22.1. The maximum absolute atomic E-state index is 12.4. The molecular formula is C21H27N6O15P2+. The number of aromatic carboxylic acids is 1. The van der Waals surface area contributed by atoms with Gasteiger partial charge in [-0.3, -0.25) is 13.6 Å². The lowest BCUT2D eigenvalue weighted by Crippen LogP contribution is -2.46. The van der Waals surface area contributed by atoms with Gasteiger partial charge in [0.25, 0.3) is 6.23 Å². The fraction of sp³-hybridized carbons (Fsp3) is 0.476.